The van der Waals surface area contributed by atoms with E-state index in [4.69, 9.17) is 0 Å². The summed E-state index contributed by atoms with van der Waals surface area (Å²) in [4.78, 5) is 16.3. The fourth-order valence-electron chi connectivity index (χ4n) is 1.88. The van der Waals surface area contributed by atoms with Gasteiger partial charge in [0.2, 0.25) is 0 Å². The Morgan fingerprint density at radius 2 is 2.38 bits per heavy atom. The minimum Gasteiger partial charge on any atom is -0.300 e. The van der Waals surface area contributed by atoms with E-state index in [2.05, 4.69) is 21.5 Å². The summed E-state index contributed by atoms with van der Waals surface area (Å²) in [6.45, 7) is 1.62. The molecule has 0 bridgehead atoms. The van der Waals surface area contributed by atoms with E-state index in [1.807, 2.05) is 12.3 Å². The molecule has 16 heavy (non-hydrogen) atoms. The van der Waals surface area contributed by atoms with Gasteiger partial charge in [-0.3, -0.25) is 9.20 Å². The molecule has 0 saturated heterocycles. The van der Waals surface area contributed by atoms with Gasteiger partial charge in [-0.15, -0.1) is 0 Å². The second-order valence-electron chi connectivity index (χ2n) is 3.86. The van der Waals surface area contributed by atoms with Crippen LogP contribution in [0.15, 0.2) is 30.6 Å². The Bertz CT molecular complexity index is 681. The Morgan fingerprint density at radius 3 is 3.19 bits per heavy atom. The predicted molar refractivity (Wildman–Crippen MR) is 65.0 cm³/mol. The summed E-state index contributed by atoms with van der Waals surface area (Å²) in [7, 11) is 0. The molecule has 3 nitrogen and oxygen atoms in total. The third kappa shape index (κ3) is 1.42. The monoisotopic (exact) mass is 230 g/mol. The summed E-state index contributed by atoms with van der Waals surface area (Å²) in [6, 6.07) is 6.14. The van der Waals surface area contributed by atoms with Gasteiger partial charge < -0.3 is 0 Å². The quantitative estimate of drug-likeness (QED) is 0.678. The van der Waals surface area contributed by atoms with Crippen molar-refractivity contribution >= 4 is 32.3 Å². The summed E-state index contributed by atoms with van der Waals surface area (Å²) in [5.74, 6) is 0.195. The van der Waals surface area contributed by atoms with E-state index in [-0.39, 0.29) is 5.78 Å². The molecule has 80 valence electrons. The first-order valence-electron chi connectivity index (χ1n) is 5.08. The molecule has 0 saturated carbocycles. The van der Waals surface area contributed by atoms with Gasteiger partial charge in [-0.25, -0.2) is 4.98 Å². The van der Waals surface area contributed by atoms with Crippen LogP contribution in [-0.4, -0.2) is 15.2 Å². The van der Waals surface area contributed by atoms with Gasteiger partial charge in [0.15, 0.2) is 4.96 Å². The van der Waals surface area contributed by atoms with E-state index in [1.54, 1.807) is 24.5 Å². The molecule has 2 aromatic heterocycles. The molecule has 0 radical (unpaired) electrons. The van der Waals surface area contributed by atoms with Gasteiger partial charge in [0, 0.05) is 18.8 Å². The number of Topliss-reactive ketones (excluding diaryl/α,β-unsaturated/α-hetero) is 1. The average Bonchev–Trinajstić information content (AvgIpc) is 2.75. The molecule has 1 aromatic carbocycles. The van der Waals surface area contributed by atoms with Gasteiger partial charge >= 0.3 is 0 Å². The fraction of sp³-hybridized carbons (Fsp3) is 0.167. The minimum absolute atomic E-state index is 0.195. The van der Waals surface area contributed by atoms with Gasteiger partial charge in [0.05, 0.1) is 10.2 Å². The molecule has 4 heteroatoms. The summed E-state index contributed by atoms with van der Waals surface area (Å²) in [6.07, 6.45) is 4.27. The van der Waals surface area contributed by atoms with Crippen molar-refractivity contribution in [3.8, 4) is 0 Å². The second-order valence-corrected chi connectivity index (χ2v) is 4.87. The van der Waals surface area contributed by atoms with Crippen molar-refractivity contribution in [2.24, 2.45) is 0 Å². The van der Waals surface area contributed by atoms with Crippen LogP contribution in [0.1, 0.15) is 12.5 Å². The van der Waals surface area contributed by atoms with Crippen LogP contribution in [0.3, 0.4) is 0 Å². The summed E-state index contributed by atoms with van der Waals surface area (Å²) in [5, 5.41) is 0. The zero-order chi connectivity index (χ0) is 11.1. The molecule has 0 aliphatic rings. The summed E-state index contributed by atoms with van der Waals surface area (Å²) < 4.78 is 3.25. The molecule has 0 amide bonds. The normalized spacial score (nSPS) is 11.3. The van der Waals surface area contributed by atoms with Crippen LogP contribution in [0.5, 0.6) is 0 Å². The van der Waals surface area contributed by atoms with Gasteiger partial charge in [-0.1, -0.05) is 17.4 Å². The van der Waals surface area contributed by atoms with Crippen LogP contribution in [0.2, 0.25) is 0 Å². The molecular formula is C12H10N2OS. The standard InChI is InChI=1S/C12H10N2OS/c1-8(15)6-9-2-3-10-11(7-9)16-12-13-4-5-14(10)12/h2-5,7H,6H2,1H3. The number of benzene rings is 1. The minimum atomic E-state index is 0.195. The summed E-state index contributed by atoms with van der Waals surface area (Å²) >= 11 is 1.65. The lowest BCUT2D eigenvalue weighted by Crippen LogP contribution is -1.95. The van der Waals surface area contributed by atoms with Crippen molar-refractivity contribution in [2.75, 3.05) is 0 Å². The van der Waals surface area contributed by atoms with Crippen molar-refractivity contribution in [2.45, 2.75) is 13.3 Å². The van der Waals surface area contributed by atoms with E-state index in [0.29, 0.717) is 6.42 Å². The molecule has 0 unspecified atom stereocenters. The van der Waals surface area contributed by atoms with Crippen LogP contribution >= 0.6 is 11.3 Å². The van der Waals surface area contributed by atoms with Crippen molar-refractivity contribution in [1.29, 1.82) is 0 Å². The highest BCUT2D eigenvalue weighted by molar-refractivity contribution is 7.23. The van der Waals surface area contributed by atoms with Crippen LogP contribution in [0, 0.1) is 0 Å². The number of imidazole rings is 1. The lowest BCUT2D eigenvalue weighted by Gasteiger charge is -1.97. The van der Waals surface area contributed by atoms with Gasteiger partial charge in [0.1, 0.15) is 5.78 Å². The van der Waals surface area contributed by atoms with Crippen LogP contribution in [-0.2, 0) is 11.2 Å². The van der Waals surface area contributed by atoms with Crippen molar-refractivity contribution < 1.29 is 4.79 Å². The molecule has 3 rings (SSSR count). The zero-order valence-corrected chi connectivity index (χ0v) is 9.62. The average molecular weight is 230 g/mol. The van der Waals surface area contributed by atoms with Crippen LogP contribution in [0.25, 0.3) is 15.2 Å². The molecule has 0 aliphatic heterocycles. The number of thiazole rings is 1. The van der Waals surface area contributed by atoms with Crippen LogP contribution < -0.4 is 0 Å². The third-order valence-electron chi connectivity index (χ3n) is 2.54. The number of aromatic nitrogens is 2. The summed E-state index contributed by atoms with van der Waals surface area (Å²) in [5.41, 5.74) is 2.23. The molecular weight excluding hydrogens is 220 g/mol. The first-order valence-corrected chi connectivity index (χ1v) is 5.89. The molecule has 0 aliphatic carbocycles. The third-order valence-corrected chi connectivity index (χ3v) is 3.58. The molecule has 2 heterocycles. The van der Waals surface area contributed by atoms with Gasteiger partial charge in [-0.05, 0) is 24.6 Å². The molecule has 0 fully saturated rings. The second kappa shape index (κ2) is 3.42. The van der Waals surface area contributed by atoms with Crippen LogP contribution in [0.4, 0.5) is 0 Å². The maximum Gasteiger partial charge on any atom is 0.194 e. The van der Waals surface area contributed by atoms with E-state index in [9.17, 15) is 4.79 Å². The number of hydrogen-bond donors (Lipinski definition) is 0. The van der Waals surface area contributed by atoms with E-state index in [0.717, 1.165) is 16.0 Å². The fourth-order valence-corrected chi connectivity index (χ4v) is 2.93. The number of fused-ring (bicyclic) bond motifs is 3. The smallest absolute Gasteiger partial charge is 0.194 e. The number of carbonyl (C=O) groups excluding carboxylic acids is 1. The number of ketones is 1. The van der Waals surface area contributed by atoms with E-state index >= 15 is 0 Å². The van der Waals surface area contributed by atoms with Gasteiger partial charge in [0.25, 0.3) is 0 Å². The number of rotatable bonds is 2. The number of carbonyl (C=O) groups is 1. The molecule has 0 N–H and O–H groups in total. The Hall–Kier alpha value is -1.68. The Kier molecular flexibility index (Phi) is 2.04. The highest BCUT2D eigenvalue weighted by atomic mass is 32.1. The Labute approximate surface area is 96.3 Å². The Morgan fingerprint density at radius 1 is 1.50 bits per heavy atom. The lowest BCUT2D eigenvalue weighted by atomic mass is 10.1. The highest BCUT2D eigenvalue weighted by Crippen LogP contribution is 2.26. The first kappa shape index (κ1) is 9.54. The van der Waals surface area contributed by atoms with Gasteiger partial charge in [-0.2, -0.15) is 0 Å². The lowest BCUT2D eigenvalue weighted by molar-refractivity contribution is -0.116. The SMILES string of the molecule is CC(=O)Cc1ccc2c(c1)sc1nccn12. The van der Waals surface area contributed by atoms with Crippen molar-refractivity contribution in [1.82, 2.24) is 9.38 Å². The van der Waals surface area contributed by atoms with Crippen molar-refractivity contribution in [3.05, 3.63) is 36.2 Å². The zero-order valence-electron chi connectivity index (χ0n) is 8.80. The maximum absolute atomic E-state index is 11.1. The first-order chi connectivity index (χ1) is 7.74. The number of nitrogens with zero attached hydrogens (tertiary/aromatic N) is 2. The molecule has 0 spiro atoms. The van der Waals surface area contributed by atoms with E-state index in [1.165, 1.54) is 4.70 Å². The predicted octanol–water partition coefficient (Wildman–Crippen LogP) is 2.68. The highest BCUT2D eigenvalue weighted by Gasteiger charge is 2.06. The Balaban J connectivity index is 2.20. The number of hydrogen-bond acceptors (Lipinski definition) is 3. The maximum atomic E-state index is 11.1. The largest absolute Gasteiger partial charge is 0.300 e. The van der Waals surface area contributed by atoms with Crippen molar-refractivity contribution in [3.63, 3.8) is 0 Å². The van der Waals surface area contributed by atoms with E-state index < -0.39 is 0 Å². The molecule has 3 aromatic rings. The molecule has 0 atom stereocenters. The topological polar surface area (TPSA) is 34.4 Å².